The van der Waals surface area contributed by atoms with Crippen molar-refractivity contribution < 1.29 is 4.79 Å². The third-order valence-electron chi connectivity index (χ3n) is 3.09. The van der Waals surface area contributed by atoms with Gasteiger partial charge in [0.1, 0.15) is 0 Å². The first kappa shape index (κ1) is 17.4. The predicted molar refractivity (Wildman–Crippen MR) is 91.2 cm³/mol. The van der Waals surface area contributed by atoms with Crippen LogP contribution in [0, 0.1) is 0 Å². The highest BCUT2D eigenvalue weighted by atomic mass is 35.5. The second-order valence-electron chi connectivity index (χ2n) is 5.97. The van der Waals surface area contributed by atoms with E-state index < -0.39 is 0 Å². The molecule has 2 nitrogen and oxygen atoms in total. The van der Waals surface area contributed by atoms with Crippen molar-refractivity contribution in [1.29, 1.82) is 0 Å². The van der Waals surface area contributed by atoms with E-state index in [1.807, 2.05) is 42.5 Å². The second kappa shape index (κ2) is 7.39. The Labute approximate surface area is 133 Å². The van der Waals surface area contributed by atoms with E-state index in [0.29, 0.717) is 6.54 Å². The lowest BCUT2D eigenvalue weighted by molar-refractivity contribution is 0.0982. The Bertz CT molecular complexity index is 570. The number of ketones is 1. The van der Waals surface area contributed by atoms with E-state index >= 15 is 0 Å². The van der Waals surface area contributed by atoms with Gasteiger partial charge in [-0.3, -0.25) is 4.79 Å². The molecule has 112 valence electrons. The van der Waals surface area contributed by atoms with Crippen LogP contribution in [0.1, 0.15) is 31.1 Å². The number of carbonyl (C=O) groups is 1. The highest BCUT2D eigenvalue weighted by molar-refractivity contribution is 5.98. The van der Waals surface area contributed by atoms with Crippen LogP contribution >= 0.6 is 12.4 Å². The first-order valence-electron chi connectivity index (χ1n) is 6.89. The molecule has 1 N–H and O–H groups in total. The second-order valence-corrected chi connectivity index (χ2v) is 5.97. The van der Waals surface area contributed by atoms with Crippen LogP contribution < -0.4 is 5.32 Å². The van der Waals surface area contributed by atoms with E-state index in [9.17, 15) is 4.79 Å². The molecule has 21 heavy (non-hydrogen) atoms. The molecule has 0 aliphatic rings. The number of rotatable bonds is 4. The zero-order valence-electron chi connectivity index (χ0n) is 12.7. The summed E-state index contributed by atoms with van der Waals surface area (Å²) in [6.45, 7) is 6.53. The van der Waals surface area contributed by atoms with E-state index in [1.54, 1.807) is 0 Å². The number of carbonyl (C=O) groups excluding carboxylic acids is 1. The molecule has 0 aromatic heterocycles. The summed E-state index contributed by atoms with van der Waals surface area (Å²) in [7, 11) is 0. The summed E-state index contributed by atoms with van der Waals surface area (Å²) in [5.74, 6) is 0.125. The van der Waals surface area contributed by atoms with Gasteiger partial charge in [0.15, 0.2) is 5.78 Å². The molecule has 3 heteroatoms. The fraction of sp³-hybridized carbons (Fsp3) is 0.278. The number of halogens is 1. The van der Waals surface area contributed by atoms with Crippen molar-refractivity contribution in [1.82, 2.24) is 5.32 Å². The molecule has 2 aromatic rings. The van der Waals surface area contributed by atoms with Gasteiger partial charge in [0.2, 0.25) is 0 Å². The van der Waals surface area contributed by atoms with Gasteiger partial charge in [0, 0.05) is 11.1 Å². The Balaban J connectivity index is 0.00000220. The summed E-state index contributed by atoms with van der Waals surface area (Å²) in [5, 5.41) is 3.22. The van der Waals surface area contributed by atoms with Crippen LogP contribution in [0.15, 0.2) is 54.6 Å². The van der Waals surface area contributed by atoms with E-state index in [-0.39, 0.29) is 23.7 Å². The van der Waals surface area contributed by atoms with Crippen molar-refractivity contribution in [2.45, 2.75) is 26.3 Å². The molecular weight excluding hydrogens is 282 g/mol. The number of Topliss-reactive ketones (excluding diaryl/α,β-unsaturated/α-hetero) is 1. The van der Waals surface area contributed by atoms with Crippen LogP contribution in [0.3, 0.4) is 0 Å². The van der Waals surface area contributed by atoms with Crippen LogP contribution in [-0.2, 0) is 0 Å². The lowest BCUT2D eigenvalue weighted by Crippen LogP contribution is -2.39. The summed E-state index contributed by atoms with van der Waals surface area (Å²) in [5.41, 5.74) is 3.01. The minimum Gasteiger partial charge on any atom is -0.305 e. The number of benzene rings is 2. The van der Waals surface area contributed by atoms with Gasteiger partial charge in [-0.15, -0.1) is 12.4 Å². The maximum Gasteiger partial charge on any atom is 0.176 e. The molecular formula is C18H22ClNO. The number of nitrogens with one attached hydrogen (secondary N) is 1. The van der Waals surface area contributed by atoms with E-state index in [2.05, 4.69) is 38.2 Å². The molecule has 0 saturated carbocycles. The zero-order valence-corrected chi connectivity index (χ0v) is 13.5. The summed E-state index contributed by atoms with van der Waals surface area (Å²) >= 11 is 0. The smallest absolute Gasteiger partial charge is 0.176 e. The monoisotopic (exact) mass is 303 g/mol. The average molecular weight is 304 g/mol. The molecule has 0 spiro atoms. The zero-order chi connectivity index (χ0) is 14.6. The Kier molecular flexibility index (Phi) is 6.13. The van der Waals surface area contributed by atoms with Crippen LogP contribution in [0.5, 0.6) is 0 Å². The van der Waals surface area contributed by atoms with Crippen molar-refractivity contribution in [3.63, 3.8) is 0 Å². The normalized spacial score (nSPS) is 10.8. The molecule has 0 fully saturated rings. The van der Waals surface area contributed by atoms with Gasteiger partial charge in [-0.05, 0) is 31.9 Å². The Morgan fingerprint density at radius 2 is 1.43 bits per heavy atom. The van der Waals surface area contributed by atoms with Gasteiger partial charge in [0.25, 0.3) is 0 Å². The molecule has 0 heterocycles. The number of hydrogen-bond donors (Lipinski definition) is 1. The maximum absolute atomic E-state index is 12.1. The van der Waals surface area contributed by atoms with Crippen molar-refractivity contribution in [3.8, 4) is 11.1 Å². The Morgan fingerprint density at radius 1 is 0.905 bits per heavy atom. The van der Waals surface area contributed by atoms with E-state index in [1.165, 1.54) is 5.56 Å². The summed E-state index contributed by atoms with van der Waals surface area (Å²) in [6, 6.07) is 18.0. The van der Waals surface area contributed by atoms with E-state index in [0.717, 1.165) is 11.1 Å². The molecule has 0 unspecified atom stereocenters. The molecule has 0 saturated heterocycles. The molecule has 2 aromatic carbocycles. The van der Waals surface area contributed by atoms with Gasteiger partial charge >= 0.3 is 0 Å². The third kappa shape index (κ3) is 5.33. The van der Waals surface area contributed by atoms with Gasteiger partial charge < -0.3 is 5.32 Å². The van der Waals surface area contributed by atoms with Crippen molar-refractivity contribution in [2.24, 2.45) is 0 Å². The van der Waals surface area contributed by atoms with E-state index in [4.69, 9.17) is 0 Å². The first-order valence-corrected chi connectivity index (χ1v) is 6.89. The van der Waals surface area contributed by atoms with Crippen molar-refractivity contribution in [3.05, 3.63) is 60.2 Å². The van der Waals surface area contributed by atoms with Crippen LogP contribution in [0.4, 0.5) is 0 Å². The summed E-state index contributed by atoms with van der Waals surface area (Å²) in [6.07, 6.45) is 0. The number of hydrogen-bond acceptors (Lipinski definition) is 2. The third-order valence-corrected chi connectivity index (χ3v) is 3.09. The van der Waals surface area contributed by atoms with Gasteiger partial charge in [-0.25, -0.2) is 0 Å². The summed E-state index contributed by atoms with van der Waals surface area (Å²) < 4.78 is 0. The quantitative estimate of drug-likeness (QED) is 0.851. The molecule has 0 bridgehead atoms. The molecule has 0 aliphatic carbocycles. The topological polar surface area (TPSA) is 29.1 Å². The van der Waals surface area contributed by atoms with Gasteiger partial charge in [-0.1, -0.05) is 54.6 Å². The predicted octanol–water partition coefficient (Wildman–Crippen LogP) is 4.35. The Hall–Kier alpha value is -1.64. The highest BCUT2D eigenvalue weighted by Gasteiger charge is 2.12. The van der Waals surface area contributed by atoms with Crippen molar-refractivity contribution in [2.75, 3.05) is 6.54 Å². The minimum atomic E-state index is -0.0420. The first-order chi connectivity index (χ1) is 9.46. The molecule has 0 atom stereocenters. The highest BCUT2D eigenvalue weighted by Crippen LogP contribution is 2.19. The maximum atomic E-state index is 12.1. The fourth-order valence-corrected chi connectivity index (χ4v) is 1.93. The van der Waals surface area contributed by atoms with Crippen LogP contribution in [-0.4, -0.2) is 17.9 Å². The summed E-state index contributed by atoms with van der Waals surface area (Å²) in [4.78, 5) is 12.1. The SMILES string of the molecule is CC(C)(C)NCC(=O)c1ccc(-c2ccccc2)cc1.Cl. The van der Waals surface area contributed by atoms with Gasteiger partial charge in [0.05, 0.1) is 6.54 Å². The Morgan fingerprint density at radius 3 is 1.95 bits per heavy atom. The molecule has 0 radical (unpaired) electrons. The molecule has 0 aliphatic heterocycles. The lowest BCUT2D eigenvalue weighted by atomic mass is 10.0. The van der Waals surface area contributed by atoms with Crippen LogP contribution in [0.25, 0.3) is 11.1 Å². The van der Waals surface area contributed by atoms with Crippen molar-refractivity contribution >= 4 is 18.2 Å². The average Bonchev–Trinajstić information content (AvgIpc) is 2.45. The van der Waals surface area contributed by atoms with Gasteiger partial charge in [-0.2, -0.15) is 0 Å². The standard InChI is InChI=1S/C18H21NO.ClH/c1-18(2,3)19-13-17(20)16-11-9-15(10-12-16)14-7-5-4-6-8-14;/h4-12,19H,13H2,1-3H3;1H. The lowest BCUT2D eigenvalue weighted by Gasteiger charge is -2.19. The largest absolute Gasteiger partial charge is 0.305 e. The fourth-order valence-electron chi connectivity index (χ4n) is 1.93. The van der Waals surface area contributed by atoms with Crippen LogP contribution in [0.2, 0.25) is 0 Å². The molecule has 0 amide bonds. The molecule has 2 rings (SSSR count). The minimum absolute atomic E-state index is 0.